The minimum atomic E-state index is -0.487. The molecule has 2 aliphatic heterocycles. The number of nitrogens with zero attached hydrogens (tertiary/aromatic N) is 2. The number of fused-ring (bicyclic) bond motifs is 1. The Kier molecular flexibility index (Phi) is 8.43. The van der Waals surface area contributed by atoms with E-state index in [2.05, 4.69) is 0 Å². The first-order valence-corrected chi connectivity index (χ1v) is 14.1. The fraction of sp³-hybridized carbons (Fsp3) is 0.300. The Morgan fingerprint density at radius 2 is 1.77 bits per heavy atom. The van der Waals surface area contributed by atoms with Gasteiger partial charge in [0, 0.05) is 13.1 Å². The molecule has 202 valence electrons. The van der Waals surface area contributed by atoms with Crippen molar-refractivity contribution < 1.29 is 23.9 Å². The number of rotatable bonds is 7. The van der Waals surface area contributed by atoms with Crippen molar-refractivity contribution in [3.05, 3.63) is 75.7 Å². The molecule has 0 N–H and O–H groups in total. The van der Waals surface area contributed by atoms with E-state index in [1.165, 1.54) is 7.11 Å². The average molecular weight is 565 g/mol. The molecule has 0 aliphatic carbocycles. The summed E-state index contributed by atoms with van der Waals surface area (Å²) in [5, 5.41) is 2.07. The molecule has 2 aliphatic rings. The van der Waals surface area contributed by atoms with E-state index in [1.54, 1.807) is 23.1 Å². The van der Waals surface area contributed by atoms with Gasteiger partial charge in [0.15, 0.2) is 11.5 Å². The fourth-order valence-corrected chi connectivity index (χ4v) is 5.99. The number of halogens is 1. The summed E-state index contributed by atoms with van der Waals surface area (Å²) in [6.07, 6.45) is 5.65. The van der Waals surface area contributed by atoms with E-state index in [4.69, 9.17) is 21.1 Å². The first-order valence-electron chi connectivity index (χ1n) is 12.9. The third-order valence-corrected chi connectivity index (χ3v) is 8.12. The number of thioether (sulfide) groups is 1. The highest BCUT2D eigenvalue weighted by molar-refractivity contribution is 8.18. The molecular weight excluding hydrogens is 536 g/mol. The first kappa shape index (κ1) is 27.1. The summed E-state index contributed by atoms with van der Waals surface area (Å²) in [5.41, 5.74) is 1.59. The second kappa shape index (κ2) is 12.1. The number of likely N-dealkylation sites (tertiary alicyclic amines) is 1. The largest absolute Gasteiger partial charge is 0.493 e. The van der Waals surface area contributed by atoms with Crippen molar-refractivity contribution in [2.45, 2.75) is 32.3 Å². The van der Waals surface area contributed by atoms with Gasteiger partial charge in [-0.3, -0.25) is 19.3 Å². The van der Waals surface area contributed by atoms with Crippen LogP contribution < -0.4 is 9.47 Å². The van der Waals surface area contributed by atoms with Crippen molar-refractivity contribution in [1.82, 2.24) is 9.80 Å². The van der Waals surface area contributed by atoms with Crippen molar-refractivity contribution >= 4 is 57.3 Å². The highest BCUT2D eigenvalue weighted by atomic mass is 35.5. The Hall–Kier alpha value is -3.49. The maximum Gasteiger partial charge on any atom is 0.294 e. The van der Waals surface area contributed by atoms with E-state index in [1.807, 2.05) is 42.5 Å². The Balaban J connectivity index is 1.31. The van der Waals surface area contributed by atoms with Crippen LogP contribution in [0.2, 0.25) is 5.02 Å². The van der Waals surface area contributed by atoms with Crippen molar-refractivity contribution in [3.8, 4) is 11.5 Å². The SMILES string of the molecule is COc1cc(C=C2SC(=O)N(CC(=O)N3CCCCCC3)C2=O)cc(Cl)c1OCc1cccc2ccccc12. The number of hydrogen-bond donors (Lipinski definition) is 0. The summed E-state index contributed by atoms with van der Waals surface area (Å²) in [4.78, 5) is 41.4. The van der Waals surface area contributed by atoms with Crippen LogP contribution in [0.25, 0.3) is 16.8 Å². The minimum Gasteiger partial charge on any atom is -0.493 e. The summed E-state index contributed by atoms with van der Waals surface area (Å²) in [7, 11) is 1.52. The van der Waals surface area contributed by atoms with E-state index in [-0.39, 0.29) is 17.4 Å². The topological polar surface area (TPSA) is 76.2 Å². The molecule has 2 saturated heterocycles. The molecule has 9 heteroatoms. The summed E-state index contributed by atoms with van der Waals surface area (Å²) >= 11 is 7.41. The molecule has 0 atom stereocenters. The maximum absolute atomic E-state index is 13.0. The number of methoxy groups -OCH3 is 1. The molecule has 0 unspecified atom stereocenters. The van der Waals surface area contributed by atoms with Gasteiger partial charge < -0.3 is 14.4 Å². The molecule has 7 nitrogen and oxygen atoms in total. The van der Waals surface area contributed by atoms with Gasteiger partial charge in [-0.2, -0.15) is 0 Å². The van der Waals surface area contributed by atoms with Crippen LogP contribution in [0.1, 0.15) is 36.8 Å². The molecule has 0 spiro atoms. The summed E-state index contributed by atoms with van der Waals surface area (Å²) in [5.74, 6) is 0.113. The standard InChI is InChI=1S/C30H29ClN2O5S/c1-37-25-16-20(15-24(31)28(25)38-19-22-11-8-10-21-9-4-5-12-23(21)22)17-26-29(35)33(30(36)39-26)18-27(34)32-13-6-2-3-7-14-32/h4-5,8-12,15-17H,2-3,6-7,13-14,18-19H2,1H3. The third kappa shape index (κ3) is 6.07. The number of carbonyl (C=O) groups is 3. The van der Waals surface area contributed by atoms with Crippen molar-refractivity contribution in [2.75, 3.05) is 26.7 Å². The Morgan fingerprint density at radius 3 is 2.54 bits per heavy atom. The lowest BCUT2D eigenvalue weighted by Crippen LogP contribution is -2.42. The highest BCUT2D eigenvalue weighted by Crippen LogP contribution is 2.39. The van der Waals surface area contributed by atoms with Crippen LogP contribution in [0.3, 0.4) is 0 Å². The maximum atomic E-state index is 13.0. The fourth-order valence-electron chi connectivity index (χ4n) is 4.87. The van der Waals surface area contributed by atoms with Crippen LogP contribution in [0, 0.1) is 0 Å². The van der Waals surface area contributed by atoms with Crippen LogP contribution in [-0.2, 0) is 16.2 Å². The van der Waals surface area contributed by atoms with Gasteiger partial charge in [-0.1, -0.05) is 66.9 Å². The molecule has 0 aromatic heterocycles. The highest BCUT2D eigenvalue weighted by Gasteiger charge is 2.37. The minimum absolute atomic E-state index is 0.196. The van der Waals surface area contributed by atoms with E-state index >= 15 is 0 Å². The predicted octanol–water partition coefficient (Wildman–Crippen LogP) is 6.52. The van der Waals surface area contributed by atoms with Crippen molar-refractivity contribution in [1.29, 1.82) is 0 Å². The van der Waals surface area contributed by atoms with Gasteiger partial charge in [0.1, 0.15) is 13.2 Å². The molecule has 3 aromatic carbocycles. The average Bonchev–Trinajstić information content (AvgIpc) is 3.12. The van der Waals surface area contributed by atoms with Gasteiger partial charge in [0.2, 0.25) is 5.91 Å². The van der Waals surface area contributed by atoms with E-state index in [0.29, 0.717) is 41.8 Å². The summed E-state index contributed by atoms with van der Waals surface area (Å²) in [6.45, 7) is 1.38. The van der Waals surface area contributed by atoms with Crippen LogP contribution in [-0.4, -0.2) is 53.6 Å². The van der Waals surface area contributed by atoms with Crippen LogP contribution in [0.4, 0.5) is 4.79 Å². The molecule has 5 rings (SSSR count). The molecule has 3 aromatic rings. The lowest BCUT2D eigenvalue weighted by molar-refractivity contribution is -0.135. The molecule has 2 fully saturated rings. The molecule has 39 heavy (non-hydrogen) atoms. The second-order valence-corrected chi connectivity index (χ2v) is 10.9. The lowest BCUT2D eigenvalue weighted by Gasteiger charge is -2.22. The third-order valence-electron chi connectivity index (χ3n) is 6.93. The van der Waals surface area contributed by atoms with Crippen LogP contribution in [0.15, 0.2) is 59.5 Å². The zero-order valence-corrected chi connectivity index (χ0v) is 23.2. The molecule has 0 radical (unpaired) electrons. The zero-order valence-electron chi connectivity index (χ0n) is 21.7. The molecule has 3 amide bonds. The van der Waals surface area contributed by atoms with Gasteiger partial charge in [-0.25, -0.2) is 0 Å². The second-order valence-electron chi connectivity index (χ2n) is 9.52. The van der Waals surface area contributed by atoms with Gasteiger partial charge in [-0.05, 0) is 64.7 Å². The Morgan fingerprint density at radius 1 is 1.03 bits per heavy atom. The van der Waals surface area contributed by atoms with Gasteiger partial charge >= 0.3 is 0 Å². The quantitative estimate of drug-likeness (QED) is 0.304. The molecule has 0 bridgehead atoms. The predicted molar refractivity (Wildman–Crippen MR) is 154 cm³/mol. The number of benzene rings is 3. The Bertz CT molecular complexity index is 1440. The van der Waals surface area contributed by atoms with E-state index in [0.717, 1.165) is 58.7 Å². The number of carbonyl (C=O) groups excluding carboxylic acids is 3. The van der Waals surface area contributed by atoms with Crippen LogP contribution >= 0.6 is 23.4 Å². The monoisotopic (exact) mass is 564 g/mol. The first-order chi connectivity index (χ1) is 18.9. The van der Waals surface area contributed by atoms with E-state index in [9.17, 15) is 14.4 Å². The lowest BCUT2D eigenvalue weighted by atomic mass is 10.1. The molecule has 0 saturated carbocycles. The van der Waals surface area contributed by atoms with Gasteiger partial charge in [0.25, 0.3) is 11.1 Å². The number of ether oxygens (including phenoxy) is 2. The molecule has 2 heterocycles. The van der Waals surface area contributed by atoms with Crippen LogP contribution in [0.5, 0.6) is 11.5 Å². The van der Waals surface area contributed by atoms with Gasteiger partial charge in [-0.15, -0.1) is 0 Å². The number of imide groups is 1. The number of amides is 3. The summed E-state index contributed by atoms with van der Waals surface area (Å²) in [6, 6.07) is 17.5. The normalized spacial score (nSPS) is 17.1. The van der Waals surface area contributed by atoms with Crippen molar-refractivity contribution in [3.63, 3.8) is 0 Å². The zero-order chi connectivity index (χ0) is 27.4. The van der Waals surface area contributed by atoms with E-state index < -0.39 is 11.1 Å². The Labute approximate surface area is 236 Å². The van der Waals surface area contributed by atoms with Gasteiger partial charge in [0.05, 0.1) is 17.0 Å². The smallest absolute Gasteiger partial charge is 0.294 e. The molecular formula is C30H29ClN2O5S. The number of hydrogen-bond acceptors (Lipinski definition) is 6. The summed E-state index contributed by atoms with van der Waals surface area (Å²) < 4.78 is 11.6. The van der Waals surface area contributed by atoms with Crippen molar-refractivity contribution in [2.24, 2.45) is 0 Å².